The minimum atomic E-state index is -0.128. The van der Waals surface area contributed by atoms with E-state index in [1.165, 1.54) is 11.3 Å². The third-order valence-corrected chi connectivity index (χ3v) is 5.44. The lowest BCUT2D eigenvalue weighted by Crippen LogP contribution is -2.21. The molecule has 0 bridgehead atoms. The molecule has 0 aliphatic heterocycles. The fourth-order valence-corrected chi connectivity index (χ4v) is 4.09. The van der Waals surface area contributed by atoms with Crippen molar-refractivity contribution in [2.24, 2.45) is 0 Å². The van der Waals surface area contributed by atoms with Gasteiger partial charge in [-0.2, -0.15) is 0 Å². The van der Waals surface area contributed by atoms with E-state index in [0.29, 0.717) is 5.13 Å². The fraction of sp³-hybridized carbons (Fsp3) is 0.0909. The van der Waals surface area contributed by atoms with Crippen LogP contribution in [0.25, 0.3) is 10.8 Å². The fourth-order valence-electron chi connectivity index (χ4n) is 3.01. The zero-order chi connectivity index (χ0) is 19.3. The van der Waals surface area contributed by atoms with Gasteiger partial charge in [0.15, 0.2) is 5.13 Å². The summed E-state index contributed by atoms with van der Waals surface area (Å²) < 4.78 is 0. The standard InChI is InChI=1S/C22H18ClN3OS/c23-17-8-3-5-15(11-17)12-18-13-25-22(28-18)26-21(27)14-24-20-10-4-7-16-6-1-2-9-19(16)20/h1-11,13,24H,12,14H2,(H,25,26,27). The Balaban J connectivity index is 1.36. The molecule has 4 aromatic rings. The molecule has 1 amide bonds. The maximum absolute atomic E-state index is 12.3. The number of halogens is 1. The first-order valence-electron chi connectivity index (χ1n) is 8.88. The number of benzene rings is 3. The number of thiazole rings is 1. The van der Waals surface area contributed by atoms with E-state index in [1.807, 2.05) is 54.6 Å². The molecule has 140 valence electrons. The molecule has 1 aromatic heterocycles. The molecule has 0 fully saturated rings. The number of hydrogen-bond donors (Lipinski definition) is 2. The Kier molecular flexibility index (Phi) is 5.55. The molecule has 0 atom stereocenters. The molecule has 0 unspecified atom stereocenters. The maximum Gasteiger partial charge on any atom is 0.245 e. The molecule has 6 heteroatoms. The van der Waals surface area contributed by atoms with Crippen LogP contribution in [0.15, 0.2) is 72.9 Å². The second-order valence-electron chi connectivity index (χ2n) is 6.37. The van der Waals surface area contributed by atoms with Crippen LogP contribution in [-0.2, 0) is 11.2 Å². The number of nitrogens with one attached hydrogen (secondary N) is 2. The molecule has 2 N–H and O–H groups in total. The maximum atomic E-state index is 12.3. The highest BCUT2D eigenvalue weighted by atomic mass is 35.5. The van der Waals surface area contributed by atoms with Gasteiger partial charge in [-0.1, -0.05) is 60.1 Å². The van der Waals surface area contributed by atoms with Gasteiger partial charge in [0, 0.05) is 33.6 Å². The molecule has 0 saturated carbocycles. The Hall–Kier alpha value is -2.89. The van der Waals surface area contributed by atoms with Crippen molar-refractivity contribution < 1.29 is 4.79 Å². The van der Waals surface area contributed by atoms with E-state index in [9.17, 15) is 4.79 Å². The molecule has 1 heterocycles. The van der Waals surface area contributed by atoms with Crippen molar-refractivity contribution in [3.05, 3.63) is 88.4 Å². The van der Waals surface area contributed by atoms with E-state index in [2.05, 4.69) is 27.8 Å². The Morgan fingerprint density at radius 1 is 1.04 bits per heavy atom. The van der Waals surface area contributed by atoms with Crippen LogP contribution in [0.5, 0.6) is 0 Å². The zero-order valence-corrected chi connectivity index (χ0v) is 16.6. The van der Waals surface area contributed by atoms with Crippen LogP contribution in [0.4, 0.5) is 10.8 Å². The van der Waals surface area contributed by atoms with Gasteiger partial charge in [-0.05, 0) is 29.1 Å². The minimum absolute atomic E-state index is 0.128. The van der Waals surface area contributed by atoms with E-state index < -0.39 is 0 Å². The van der Waals surface area contributed by atoms with Crippen molar-refractivity contribution in [2.45, 2.75) is 6.42 Å². The molecule has 0 radical (unpaired) electrons. The molecule has 0 aliphatic rings. The van der Waals surface area contributed by atoms with Crippen molar-refractivity contribution in [1.82, 2.24) is 4.98 Å². The Morgan fingerprint density at radius 3 is 2.75 bits per heavy atom. The lowest BCUT2D eigenvalue weighted by molar-refractivity contribution is -0.114. The quantitative estimate of drug-likeness (QED) is 0.438. The van der Waals surface area contributed by atoms with Crippen LogP contribution in [0.3, 0.4) is 0 Å². The highest BCUT2D eigenvalue weighted by molar-refractivity contribution is 7.15. The zero-order valence-electron chi connectivity index (χ0n) is 15.0. The van der Waals surface area contributed by atoms with Gasteiger partial charge in [0.05, 0.1) is 6.54 Å². The van der Waals surface area contributed by atoms with E-state index in [0.717, 1.165) is 38.3 Å². The smallest absolute Gasteiger partial charge is 0.245 e. The largest absolute Gasteiger partial charge is 0.376 e. The molecule has 0 spiro atoms. The number of carbonyl (C=O) groups is 1. The lowest BCUT2D eigenvalue weighted by atomic mass is 10.1. The second-order valence-corrected chi connectivity index (χ2v) is 7.92. The van der Waals surface area contributed by atoms with Gasteiger partial charge >= 0.3 is 0 Å². The van der Waals surface area contributed by atoms with Crippen molar-refractivity contribution in [3.8, 4) is 0 Å². The number of aromatic nitrogens is 1. The molecule has 0 saturated heterocycles. The Morgan fingerprint density at radius 2 is 1.86 bits per heavy atom. The van der Waals surface area contributed by atoms with Crippen molar-refractivity contribution in [3.63, 3.8) is 0 Å². The van der Waals surface area contributed by atoms with Gasteiger partial charge in [0.1, 0.15) is 0 Å². The van der Waals surface area contributed by atoms with Crippen LogP contribution in [0.1, 0.15) is 10.4 Å². The topological polar surface area (TPSA) is 54.0 Å². The first-order valence-corrected chi connectivity index (χ1v) is 10.1. The molecule has 4 rings (SSSR count). The summed E-state index contributed by atoms with van der Waals surface area (Å²) in [5.41, 5.74) is 2.06. The van der Waals surface area contributed by atoms with Crippen LogP contribution < -0.4 is 10.6 Å². The van der Waals surface area contributed by atoms with Gasteiger partial charge in [0.2, 0.25) is 5.91 Å². The molecule has 4 nitrogen and oxygen atoms in total. The number of fused-ring (bicyclic) bond motifs is 1. The summed E-state index contributed by atoms with van der Waals surface area (Å²) in [7, 11) is 0. The van der Waals surface area contributed by atoms with Crippen LogP contribution in [0, 0.1) is 0 Å². The minimum Gasteiger partial charge on any atom is -0.376 e. The number of carbonyl (C=O) groups excluding carboxylic acids is 1. The summed E-state index contributed by atoms with van der Waals surface area (Å²) in [6, 6.07) is 21.8. The summed E-state index contributed by atoms with van der Waals surface area (Å²) in [6.07, 6.45) is 2.53. The predicted molar refractivity (Wildman–Crippen MR) is 117 cm³/mol. The summed E-state index contributed by atoms with van der Waals surface area (Å²) >= 11 is 7.50. The summed E-state index contributed by atoms with van der Waals surface area (Å²) in [5.74, 6) is -0.128. The SMILES string of the molecule is O=C(CNc1cccc2ccccc12)Nc1ncc(Cc2cccc(Cl)c2)s1. The number of amides is 1. The first kappa shape index (κ1) is 18.5. The van der Waals surface area contributed by atoms with E-state index in [4.69, 9.17) is 11.6 Å². The van der Waals surface area contributed by atoms with Gasteiger partial charge in [-0.3, -0.25) is 4.79 Å². The lowest BCUT2D eigenvalue weighted by Gasteiger charge is -2.09. The van der Waals surface area contributed by atoms with Crippen molar-refractivity contribution in [2.75, 3.05) is 17.2 Å². The number of rotatable bonds is 6. The van der Waals surface area contributed by atoms with Crippen LogP contribution in [-0.4, -0.2) is 17.4 Å². The van der Waals surface area contributed by atoms with Gasteiger partial charge in [-0.25, -0.2) is 4.98 Å². The average molecular weight is 408 g/mol. The van der Waals surface area contributed by atoms with Gasteiger partial charge in [0.25, 0.3) is 0 Å². The highest BCUT2D eigenvalue weighted by Crippen LogP contribution is 2.24. The third kappa shape index (κ3) is 4.50. The Bertz CT molecular complexity index is 1120. The second kappa shape index (κ2) is 8.42. The number of anilines is 2. The van der Waals surface area contributed by atoms with Gasteiger partial charge < -0.3 is 10.6 Å². The number of nitrogens with zero attached hydrogens (tertiary/aromatic N) is 1. The third-order valence-electron chi connectivity index (χ3n) is 4.30. The van der Waals surface area contributed by atoms with Crippen molar-refractivity contribution >= 4 is 50.4 Å². The van der Waals surface area contributed by atoms with Crippen molar-refractivity contribution in [1.29, 1.82) is 0 Å². The molecule has 28 heavy (non-hydrogen) atoms. The Labute approximate surface area is 172 Å². The molecular weight excluding hydrogens is 390 g/mol. The average Bonchev–Trinajstić information content (AvgIpc) is 3.13. The van der Waals surface area contributed by atoms with E-state index in [-0.39, 0.29) is 12.5 Å². The molecule has 0 aliphatic carbocycles. The van der Waals surface area contributed by atoms with E-state index in [1.54, 1.807) is 6.20 Å². The summed E-state index contributed by atoms with van der Waals surface area (Å²) in [4.78, 5) is 17.7. The predicted octanol–water partition coefficient (Wildman–Crippen LogP) is 5.59. The van der Waals surface area contributed by atoms with Crippen LogP contribution in [0.2, 0.25) is 5.02 Å². The first-order chi connectivity index (χ1) is 13.7. The molecular formula is C22H18ClN3OS. The van der Waals surface area contributed by atoms with Gasteiger partial charge in [-0.15, -0.1) is 11.3 Å². The van der Waals surface area contributed by atoms with Crippen LogP contribution >= 0.6 is 22.9 Å². The number of hydrogen-bond acceptors (Lipinski definition) is 4. The highest BCUT2D eigenvalue weighted by Gasteiger charge is 2.08. The molecule has 3 aromatic carbocycles. The van der Waals surface area contributed by atoms with E-state index >= 15 is 0 Å². The normalized spacial score (nSPS) is 10.8. The monoisotopic (exact) mass is 407 g/mol. The summed E-state index contributed by atoms with van der Waals surface area (Å²) in [5, 5.41) is 9.62. The summed E-state index contributed by atoms with van der Waals surface area (Å²) in [6.45, 7) is 0.178.